The summed E-state index contributed by atoms with van der Waals surface area (Å²) in [6.07, 6.45) is 6.64. The number of nitrogens with two attached hydrogens (primary N) is 1. The van der Waals surface area contributed by atoms with Gasteiger partial charge in [0.15, 0.2) is 0 Å². The van der Waals surface area contributed by atoms with E-state index in [0.717, 1.165) is 6.54 Å². The lowest BCUT2D eigenvalue weighted by Crippen LogP contribution is -2.60. The Kier molecular flexibility index (Phi) is 4.91. The highest BCUT2D eigenvalue weighted by molar-refractivity contribution is 4.97. The van der Waals surface area contributed by atoms with Gasteiger partial charge in [0, 0.05) is 38.3 Å². The van der Waals surface area contributed by atoms with Crippen LogP contribution in [0.4, 0.5) is 0 Å². The van der Waals surface area contributed by atoms with Gasteiger partial charge in [0.1, 0.15) is 0 Å². The molecule has 2 fully saturated rings. The van der Waals surface area contributed by atoms with Crippen molar-refractivity contribution in [2.24, 2.45) is 11.1 Å². The summed E-state index contributed by atoms with van der Waals surface area (Å²) in [4.78, 5) is 5.28. The lowest BCUT2D eigenvalue weighted by atomic mass is 9.82. The van der Waals surface area contributed by atoms with E-state index in [0.29, 0.717) is 11.0 Å². The molecule has 0 bridgehead atoms. The zero-order valence-corrected chi connectivity index (χ0v) is 13.2. The van der Waals surface area contributed by atoms with Gasteiger partial charge in [-0.05, 0) is 37.6 Å². The second kappa shape index (κ2) is 6.11. The molecule has 0 aromatic carbocycles. The van der Waals surface area contributed by atoms with Crippen LogP contribution in [-0.2, 0) is 0 Å². The summed E-state index contributed by atoms with van der Waals surface area (Å²) >= 11 is 0. The molecular weight excluding hydrogens is 234 g/mol. The zero-order chi connectivity index (χ0) is 13.9. The Morgan fingerprint density at radius 1 is 0.947 bits per heavy atom. The minimum absolute atomic E-state index is 0.299. The van der Waals surface area contributed by atoms with Crippen LogP contribution in [0.5, 0.6) is 0 Å². The van der Waals surface area contributed by atoms with E-state index >= 15 is 0 Å². The van der Waals surface area contributed by atoms with Crippen LogP contribution < -0.4 is 5.73 Å². The van der Waals surface area contributed by atoms with E-state index < -0.39 is 0 Å². The largest absolute Gasteiger partial charge is 0.329 e. The standard InChI is InChI=1S/C16H33N3/c1-4-18-10-12-19(13-11-18)16(14-17)7-5-6-15(2,3)8-9-16/h4-14,17H2,1-3H3. The fourth-order valence-corrected chi connectivity index (χ4v) is 3.90. The minimum atomic E-state index is 0.299. The van der Waals surface area contributed by atoms with Gasteiger partial charge in [-0.2, -0.15) is 0 Å². The van der Waals surface area contributed by atoms with Gasteiger partial charge < -0.3 is 10.6 Å². The summed E-state index contributed by atoms with van der Waals surface area (Å²) in [6.45, 7) is 14.0. The quantitative estimate of drug-likeness (QED) is 0.797. The maximum atomic E-state index is 6.24. The van der Waals surface area contributed by atoms with Crippen molar-refractivity contribution in [1.82, 2.24) is 9.80 Å². The van der Waals surface area contributed by atoms with Gasteiger partial charge in [0.05, 0.1) is 0 Å². The summed E-state index contributed by atoms with van der Waals surface area (Å²) in [5.74, 6) is 0. The van der Waals surface area contributed by atoms with Crippen LogP contribution in [0.15, 0.2) is 0 Å². The molecular formula is C16H33N3. The third-order valence-electron chi connectivity index (χ3n) is 5.63. The number of hydrogen-bond donors (Lipinski definition) is 1. The van der Waals surface area contributed by atoms with E-state index in [2.05, 4.69) is 30.6 Å². The molecule has 0 radical (unpaired) electrons. The SMILES string of the molecule is CCN1CCN(C2(CN)CCCC(C)(C)CC2)CC1. The molecule has 1 aliphatic carbocycles. The van der Waals surface area contributed by atoms with Crippen molar-refractivity contribution in [1.29, 1.82) is 0 Å². The first-order valence-electron chi connectivity index (χ1n) is 8.19. The summed E-state index contributed by atoms with van der Waals surface area (Å²) < 4.78 is 0. The third-order valence-corrected chi connectivity index (χ3v) is 5.63. The van der Waals surface area contributed by atoms with Crippen molar-refractivity contribution in [2.45, 2.75) is 58.4 Å². The van der Waals surface area contributed by atoms with E-state index in [-0.39, 0.29) is 0 Å². The Morgan fingerprint density at radius 2 is 1.63 bits per heavy atom. The number of hydrogen-bond acceptors (Lipinski definition) is 3. The van der Waals surface area contributed by atoms with Gasteiger partial charge in [-0.3, -0.25) is 4.90 Å². The van der Waals surface area contributed by atoms with Gasteiger partial charge in [-0.25, -0.2) is 0 Å². The van der Waals surface area contributed by atoms with Crippen molar-refractivity contribution < 1.29 is 0 Å². The Bertz CT molecular complexity index is 282. The first-order valence-corrected chi connectivity index (χ1v) is 8.19. The van der Waals surface area contributed by atoms with Crippen molar-refractivity contribution in [2.75, 3.05) is 39.3 Å². The highest BCUT2D eigenvalue weighted by Crippen LogP contribution is 2.40. The predicted molar refractivity (Wildman–Crippen MR) is 82.3 cm³/mol. The van der Waals surface area contributed by atoms with E-state index in [1.54, 1.807) is 0 Å². The number of likely N-dealkylation sites (N-methyl/N-ethyl adjacent to an activating group) is 1. The highest BCUT2D eigenvalue weighted by atomic mass is 15.3. The molecule has 2 rings (SSSR count). The van der Waals surface area contributed by atoms with Gasteiger partial charge in [0.25, 0.3) is 0 Å². The molecule has 1 aliphatic heterocycles. The van der Waals surface area contributed by atoms with E-state index in [1.165, 1.54) is 64.8 Å². The highest BCUT2D eigenvalue weighted by Gasteiger charge is 2.40. The lowest BCUT2D eigenvalue weighted by Gasteiger charge is -2.47. The van der Waals surface area contributed by atoms with E-state index in [1.807, 2.05) is 0 Å². The van der Waals surface area contributed by atoms with Crippen molar-refractivity contribution in [3.8, 4) is 0 Å². The molecule has 2 aliphatic rings. The molecule has 0 aromatic rings. The fourth-order valence-electron chi connectivity index (χ4n) is 3.90. The average Bonchev–Trinajstić information content (AvgIpc) is 2.58. The average molecular weight is 267 g/mol. The summed E-state index contributed by atoms with van der Waals surface area (Å²) in [5.41, 5.74) is 7.05. The fraction of sp³-hybridized carbons (Fsp3) is 1.00. The first kappa shape index (κ1) is 15.3. The molecule has 1 heterocycles. The number of piperazine rings is 1. The predicted octanol–water partition coefficient (Wildman–Crippen LogP) is 2.31. The molecule has 1 saturated carbocycles. The Labute approximate surface area is 119 Å². The monoisotopic (exact) mass is 267 g/mol. The van der Waals surface area contributed by atoms with Crippen LogP contribution in [-0.4, -0.2) is 54.6 Å². The van der Waals surface area contributed by atoms with Gasteiger partial charge in [-0.15, -0.1) is 0 Å². The number of nitrogens with zero attached hydrogens (tertiary/aromatic N) is 2. The van der Waals surface area contributed by atoms with Crippen LogP contribution in [0.2, 0.25) is 0 Å². The molecule has 0 spiro atoms. The lowest BCUT2D eigenvalue weighted by molar-refractivity contribution is 0.0262. The van der Waals surface area contributed by atoms with Gasteiger partial charge in [-0.1, -0.05) is 27.2 Å². The molecule has 3 heteroatoms. The Balaban J connectivity index is 2.02. The normalized spacial score (nSPS) is 34.1. The third kappa shape index (κ3) is 3.50. The van der Waals surface area contributed by atoms with Gasteiger partial charge in [0.2, 0.25) is 0 Å². The second-order valence-electron chi connectivity index (χ2n) is 7.37. The Morgan fingerprint density at radius 3 is 2.21 bits per heavy atom. The van der Waals surface area contributed by atoms with Crippen LogP contribution in [0, 0.1) is 5.41 Å². The second-order valence-corrected chi connectivity index (χ2v) is 7.37. The van der Waals surface area contributed by atoms with E-state index in [4.69, 9.17) is 5.73 Å². The van der Waals surface area contributed by atoms with Crippen molar-refractivity contribution in [3.05, 3.63) is 0 Å². The van der Waals surface area contributed by atoms with E-state index in [9.17, 15) is 0 Å². The first-order chi connectivity index (χ1) is 9.01. The molecule has 1 atom stereocenters. The molecule has 0 amide bonds. The van der Waals surface area contributed by atoms with Crippen molar-refractivity contribution >= 4 is 0 Å². The smallest absolute Gasteiger partial charge is 0.0333 e. The maximum absolute atomic E-state index is 6.24. The van der Waals surface area contributed by atoms with Crippen molar-refractivity contribution in [3.63, 3.8) is 0 Å². The van der Waals surface area contributed by atoms with Crippen LogP contribution in [0.3, 0.4) is 0 Å². The molecule has 3 nitrogen and oxygen atoms in total. The van der Waals surface area contributed by atoms with Crippen LogP contribution >= 0.6 is 0 Å². The summed E-state index contributed by atoms with van der Waals surface area (Å²) in [5, 5.41) is 0. The Hall–Kier alpha value is -0.120. The molecule has 1 saturated heterocycles. The summed E-state index contributed by atoms with van der Waals surface area (Å²) in [7, 11) is 0. The number of rotatable bonds is 3. The van der Waals surface area contributed by atoms with Gasteiger partial charge >= 0.3 is 0 Å². The molecule has 1 unspecified atom stereocenters. The molecule has 2 N–H and O–H groups in total. The van der Waals surface area contributed by atoms with Crippen LogP contribution in [0.1, 0.15) is 52.9 Å². The summed E-state index contributed by atoms with van der Waals surface area (Å²) in [6, 6.07) is 0. The minimum Gasteiger partial charge on any atom is -0.329 e. The topological polar surface area (TPSA) is 32.5 Å². The maximum Gasteiger partial charge on any atom is 0.0333 e. The molecule has 19 heavy (non-hydrogen) atoms. The molecule has 0 aromatic heterocycles. The zero-order valence-electron chi connectivity index (χ0n) is 13.2. The molecule has 112 valence electrons. The van der Waals surface area contributed by atoms with Crippen LogP contribution in [0.25, 0.3) is 0 Å².